The second-order valence-electron chi connectivity index (χ2n) is 4.52. The average molecular weight is 275 g/mol. The first-order valence-corrected chi connectivity index (χ1v) is 6.20. The number of H-pyrrole nitrogens is 1. The fraction of sp³-hybridized carbons (Fsp3) is 0.308. The van der Waals surface area contributed by atoms with Gasteiger partial charge in [-0.25, -0.2) is 9.78 Å². The monoisotopic (exact) mass is 275 g/mol. The molecule has 7 nitrogen and oxygen atoms in total. The number of nitrogens with one attached hydrogen (secondary N) is 2. The zero-order valence-electron chi connectivity index (χ0n) is 11.4. The van der Waals surface area contributed by atoms with Crippen molar-refractivity contribution in [2.24, 2.45) is 0 Å². The maximum Gasteiger partial charge on any atom is 0.321 e. The van der Waals surface area contributed by atoms with Crippen LogP contribution in [0, 0.1) is 0 Å². The molecule has 0 aliphatic carbocycles. The molecular formula is C13H17N5O2. The third-order valence-electron chi connectivity index (χ3n) is 2.84. The van der Waals surface area contributed by atoms with Gasteiger partial charge >= 0.3 is 6.03 Å². The van der Waals surface area contributed by atoms with Gasteiger partial charge in [-0.15, -0.1) is 0 Å². The van der Waals surface area contributed by atoms with Gasteiger partial charge in [-0.05, 0) is 24.6 Å². The van der Waals surface area contributed by atoms with Crippen LogP contribution in [-0.4, -0.2) is 38.3 Å². The number of hydrogen-bond donors (Lipinski definition) is 3. The fourth-order valence-electron chi connectivity index (χ4n) is 1.67. The minimum absolute atomic E-state index is 0.244. The van der Waals surface area contributed by atoms with E-state index in [4.69, 9.17) is 0 Å². The lowest BCUT2D eigenvalue weighted by molar-refractivity contribution is 0.199. The molecule has 3 N–H and O–H groups in total. The fourth-order valence-corrected chi connectivity index (χ4v) is 1.67. The van der Waals surface area contributed by atoms with Gasteiger partial charge in [0.25, 0.3) is 0 Å². The number of amides is 2. The molecule has 1 aromatic carbocycles. The van der Waals surface area contributed by atoms with Crippen molar-refractivity contribution in [2.75, 3.05) is 12.4 Å². The first-order valence-electron chi connectivity index (χ1n) is 6.20. The zero-order chi connectivity index (χ0) is 14.5. The maximum absolute atomic E-state index is 12.0. The van der Waals surface area contributed by atoms with Crippen LogP contribution in [0.4, 0.5) is 10.5 Å². The lowest BCUT2D eigenvalue weighted by Gasteiger charge is -2.16. The van der Waals surface area contributed by atoms with Crippen LogP contribution >= 0.6 is 0 Å². The van der Waals surface area contributed by atoms with Gasteiger partial charge in [0.15, 0.2) is 0 Å². The van der Waals surface area contributed by atoms with Crippen molar-refractivity contribution < 1.29 is 9.90 Å². The number of rotatable bonds is 4. The number of benzene rings is 1. The number of carbonyl (C=O) groups is 1. The molecule has 0 saturated carbocycles. The van der Waals surface area contributed by atoms with Crippen molar-refractivity contribution in [2.45, 2.75) is 19.6 Å². The van der Waals surface area contributed by atoms with E-state index in [-0.39, 0.29) is 6.03 Å². The zero-order valence-corrected chi connectivity index (χ0v) is 11.4. The second-order valence-corrected chi connectivity index (χ2v) is 4.52. The van der Waals surface area contributed by atoms with Crippen molar-refractivity contribution in [1.29, 1.82) is 0 Å². The van der Waals surface area contributed by atoms with E-state index in [1.807, 2.05) is 0 Å². The Morgan fingerprint density at radius 1 is 1.45 bits per heavy atom. The standard InChI is InChI=1S/C13H17N5O2/c1-9(19)10-3-5-11(6-4-10)16-13(20)18(2)7-12-14-8-15-17-12/h3-6,8-9,19H,7H2,1-2H3,(H,16,20)(H,14,15,17). The number of aliphatic hydroxyl groups excluding tert-OH is 1. The van der Waals surface area contributed by atoms with Crippen molar-refractivity contribution in [1.82, 2.24) is 20.1 Å². The molecule has 0 aliphatic heterocycles. The van der Waals surface area contributed by atoms with E-state index in [1.165, 1.54) is 11.2 Å². The maximum atomic E-state index is 12.0. The Morgan fingerprint density at radius 2 is 2.15 bits per heavy atom. The van der Waals surface area contributed by atoms with Crippen LogP contribution < -0.4 is 5.32 Å². The summed E-state index contributed by atoms with van der Waals surface area (Å²) in [5.41, 5.74) is 1.47. The highest BCUT2D eigenvalue weighted by atomic mass is 16.3. The minimum atomic E-state index is -0.520. The van der Waals surface area contributed by atoms with E-state index in [0.29, 0.717) is 18.1 Å². The lowest BCUT2D eigenvalue weighted by atomic mass is 10.1. The molecule has 1 aromatic heterocycles. The second kappa shape index (κ2) is 6.16. The third kappa shape index (κ3) is 3.55. The summed E-state index contributed by atoms with van der Waals surface area (Å²) in [6.07, 6.45) is 0.879. The third-order valence-corrected chi connectivity index (χ3v) is 2.84. The summed E-state index contributed by atoms with van der Waals surface area (Å²) in [6.45, 7) is 2.04. The van der Waals surface area contributed by atoms with Gasteiger partial charge in [-0.2, -0.15) is 5.10 Å². The molecular weight excluding hydrogens is 258 g/mol. The number of hydrogen-bond acceptors (Lipinski definition) is 4. The summed E-state index contributed by atoms with van der Waals surface area (Å²) in [7, 11) is 1.67. The Labute approximate surface area is 116 Å². The molecule has 1 atom stereocenters. The van der Waals surface area contributed by atoms with Crippen LogP contribution in [0.15, 0.2) is 30.6 Å². The number of aromatic amines is 1. The molecule has 1 heterocycles. The number of carbonyl (C=O) groups excluding carboxylic acids is 1. The van der Waals surface area contributed by atoms with E-state index < -0.39 is 6.10 Å². The van der Waals surface area contributed by atoms with E-state index >= 15 is 0 Å². The molecule has 106 valence electrons. The van der Waals surface area contributed by atoms with Crippen molar-refractivity contribution >= 4 is 11.7 Å². The molecule has 7 heteroatoms. The number of aliphatic hydroxyl groups is 1. The summed E-state index contributed by atoms with van der Waals surface area (Å²) in [6, 6.07) is 6.81. The molecule has 0 fully saturated rings. The SMILES string of the molecule is CC(O)c1ccc(NC(=O)N(C)Cc2ncn[nH]2)cc1. The highest BCUT2D eigenvalue weighted by molar-refractivity contribution is 5.89. The first-order chi connectivity index (χ1) is 9.56. The van der Waals surface area contributed by atoms with Gasteiger partial charge in [0.1, 0.15) is 12.2 Å². The topological polar surface area (TPSA) is 94.1 Å². The van der Waals surface area contributed by atoms with E-state index in [1.54, 1.807) is 38.2 Å². The van der Waals surface area contributed by atoms with Gasteiger partial charge < -0.3 is 15.3 Å². The lowest BCUT2D eigenvalue weighted by Crippen LogP contribution is -2.31. The Balaban J connectivity index is 1.93. The molecule has 0 radical (unpaired) electrons. The Morgan fingerprint density at radius 3 is 2.70 bits per heavy atom. The van der Waals surface area contributed by atoms with E-state index in [9.17, 15) is 9.90 Å². The van der Waals surface area contributed by atoms with Crippen LogP contribution in [0.1, 0.15) is 24.4 Å². The number of urea groups is 1. The van der Waals surface area contributed by atoms with Gasteiger partial charge in [0, 0.05) is 12.7 Å². The highest BCUT2D eigenvalue weighted by Gasteiger charge is 2.11. The summed E-state index contributed by atoms with van der Waals surface area (Å²) in [4.78, 5) is 17.4. The molecule has 0 saturated heterocycles. The summed E-state index contributed by atoms with van der Waals surface area (Å²) in [5.74, 6) is 0.618. The quantitative estimate of drug-likeness (QED) is 0.788. The van der Waals surface area contributed by atoms with Crippen LogP contribution in [-0.2, 0) is 6.54 Å². The number of nitrogens with zero attached hydrogens (tertiary/aromatic N) is 3. The molecule has 2 aromatic rings. The van der Waals surface area contributed by atoms with E-state index in [0.717, 1.165) is 5.56 Å². The first kappa shape index (κ1) is 14.0. The summed E-state index contributed by atoms with van der Waals surface area (Å²) in [5, 5.41) is 18.6. The average Bonchev–Trinajstić information content (AvgIpc) is 2.92. The molecule has 0 aliphatic rings. The summed E-state index contributed by atoms with van der Waals surface area (Å²) >= 11 is 0. The van der Waals surface area contributed by atoms with Gasteiger partial charge in [-0.3, -0.25) is 5.10 Å². The molecule has 1 unspecified atom stereocenters. The molecule has 0 bridgehead atoms. The van der Waals surface area contributed by atoms with Crippen molar-refractivity contribution in [3.05, 3.63) is 42.0 Å². The molecule has 20 heavy (non-hydrogen) atoms. The van der Waals surface area contributed by atoms with Crippen molar-refractivity contribution in [3.63, 3.8) is 0 Å². The largest absolute Gasteiger partial charge is 0.389 e. The van der Waals surface area contributed by atoms with Crippen molar-refractivity contribution in [3.8, 4) is 0 Å². The van der Waals surface area contributed by atoms with Gasteiger partial charge in [0.2, 0.25) is 0 Å². The normalized spacial score (nSPS) is 11.9. The van der Waals surface area contributed by atoms with Crippen LogP contribution in [0.3, 0.4) is 0 Å². The van der Waals surface area contributed by atoms with Crippen LogP contribution in [0.2, 0.25) is 0 Å². The van der Waals surface area contributed by atoms with E-state index in [2.05, 4.69) is 20.5 Å². The number of aromatic nitrogens is 3. The Bertz CT molecular complexity index is 551. The molecule has 2 amide bonds. The Hall–Kier alpha value is -2.41. The van der Waals surface area contributed by atoms with Gasteiger partial charge in [0.05, 0.1) is 12.6 Å². The van der Waals surface area contributed by atoms with Crippen LogP contribution in [0.5, 0.6) is 0 Å². The van der Waals surface area contributed by atoms with Crippen LogP contribution in [0.25, 0.3) is 0 Å². The molecule has 0 spiro atoms. The Kier molecular flexibility index (Phi) is 4.31. The number of anilines is 1. The highest BCUT2D eigenvalue weighted by Crippen LogP contribution is 2.15. The minimum Gasteiger partial charge on any atom is -0.389 e. The summed E-state index contributed by atoms with van der Waals surface area (Å²) < 4.78 is 0. The predicted octanol–water partition coefficient (Wildman–Crippen LogP) is 1.52. The predicted molar refractivity (Wildman–Crippen MR) is 73.9 cm³/mol. The smallest absolute Gasteiger partial charge is 0.321 e. The molecule has 2 rings (SSSR count). The van der Waals surface area contributed by atoms with Gasteiger partial charge in [-0.1, -0.05) is 12.1 Å².